The topological polar surface area (TPSA) is 54.2 Å². The fraction of sp³-hybridized carbons (Fsp3) is 0.846. The van der Waals surface area contributed by atoms with Crippen molar-refractivity contribution in [1.82, 2.24) is 20.4 Å². The van der Waals surface area contributed by atoms with E-state index in [1.54, 1.807) is 0 Å². The van der Waals surface area contributed by atoms with Gasteiger partial charge in [0.25, 0.3) is 0 Å². The summed E-state index contributed by atoms with van der Waals surface area (Å²) in [5.74, 6) is 2.46. The number of nitrogens with one attached hydrogen (secondary N) is 1. The third-order valence-corrected chi connectivity index (χ3v) is 3.69. The van der Waals surface area contributed by atoms with Crippen LogP contribution in [-0.2, 0) is 13.0 Å². The fourth-order valence-corrected chi connectivity index (χ4v) is 2.48. The second kappa shape index (κ2) is 6.85. The van der Waals surface area contributed by atoms with Crippen molar-refractivity contribution in [3.8, 4) is 0 Å². The second-order valence-corrected chi connectivity index (χ2v) is 5.07. The molecule has 0 atom stereocenters. The van der Waals surface area contributed by atoms with E-state index in [0.717, 1.165) is 50.2 Å². The van der Waals surface area contributed by atoms with Gasteiger partial charge in [-0.1, -0.05) is 12.1 Å². The van der Waals surface area contributed by atoms with Gasteiger partial charge in [-0.3, -0.25) is 4.90 Å². The summed E-state index contributed by atoms with van der Waals surface area (Å²) in [5.41, 5.74) is 0. The van der Waals surface area contributed by atoms with Crippen molar-refractivity contribution in [2.75, 3.05) is 26.7 Å². The fourth-order valence-electron chi connectivity index (χ4n) is 2.48. The minimum atomic E-state index is 0.744. The summed E-state index contributed by atoms with van der Waals surface area (Å²) >= 11 is 0. The Labute approximate surface area is 109 Å². The SMILES string of the molecule is CCc1nc(CN2CCC(CCNC)CC2)no1. The van der Waals surface area contributed by atoms with Crippen molar-refractivity contribution in [3.05, 3.63) is 11.7 Å². The van der Waals surface area contributed by atoms with Crippen molar-refractivity contribution in [1.29, 1.82) is 0 Å². The van der Waals surface area contributed by atoms with E-state index in [1.165, 1.54) is 19.3 Å². The molecule has 1 aliphatic rings. The number of piperidine rings is 1. The van der Waals surface area contributed by atoms with Crippen molar-refractivity contribution in [2.45, 2.75) is 39.2 Å². The van der Waals surface area contributed by atoms with Crippen molar-refractivity contribution in [2.24, 2.45) is 5.92 Å². The van der Waals surface area contributed by atoms with Crippen LogP contribution in [0.3, 0.4) is 0 Å². The van der Waals surface area contributed by atoms with E-state index in [-0.39, 0.29) is 0 Å². The van der Waals surface area contributed by atoms with Gasteiger partial charge in [-0.15, -0.1) is 0 Å². The van der Waals surface area contributed by atoms with Gasteiger partial charge in [-0.25, -0.2) is 0 Å². The number of nitrogens with zero attached hydrogens (tertiary/aromatic N) is 3. The molecular weight excluding hydrogens is 228 g/mol. The Morgan fingerprint density at radius 3 is 2.78 bits per heavy atom. The number of rotatable bonds is 6. The number of likely N-dealkylation sites (tertiary alicyclic amines) is 1. The molecule has 0 spiro atoms. The molecule has 0 unspecified atom stereocenters. The first-order valence-electron chi connectivity index (χ1n) is 7.00. The third kappa shape index (κ3) is 3.78. The van der Waals surface area contributed by atoms with Gasteiger partial charge < -0.3 is 9.84 Å². The first-order chi connectivity index (χ1) is 8.81. The Morgan fingerprint density at radius 2 is 2.17 bits per heavy atom. The van der Waals surface area contributed by atoms with Gasteiger partial charge >= 0.3 is 0 Å². The number of hydrogen-bond donors (Lipinski definition) is 1. The van der Waals surface area contributed by atoms with Crippen LogP contribution in [0.15, 0.2) is 4.52 Å². The van der Waals surface area contributed by atoms with Gasteiger partial charge in [-0.05, 0) is 51.9 Å². The molecular formula is C13H24N4O. The maximum absolute atomic E-state index is 5.13. The predicted molar refractivity (Wildman–Crippen MR) is 70.2 cm³/mol. The Bertz CT molecular complexity index is 345. The lowest BCUT2D eigenvalue weighted by Gasteiger charge is -2.31. The quantitative estimate of drug-likeness (QED) is 0.830. The zero-order valence-electron chi connectivity index (χ0n) is 11.5. The minimum absolute atomic E-state index is 0.744. The summed E-state index contributed by atoms with van der Waals surface area (Å²) in [6.07, 6.45) is 4.70. The van der Waals surface area contributed by atoms with E-state index in [0.29, 0.717) is 0 Å². The molecule has 1 fully saturated rings. The van der Waals surface area contributed by atoms with Gasteiger partial charge in [0.15, 0.2) is 5.82 Å². The van der Waals surface area contributed by atoms with Crippen LogP contribution in [0.1, 0.15) is 37.9 Å². The molecule has 18 heavy (non-hydrogen) atoms. The van der Waals surface area contributed by atoms with Crippen molar-refractivity contribution < 1.29 is 4.52 Å². The van der Waals surface area contributed by atoms with E-state index >= 15 is 0 Å². The summed E-state index contributed by atoms with van der Waals surface area (Å²) in [7, 11) is 2.02. The average Bonchev–Trinajstić information content (AvgIpc) is 2.86. The van der Waals surface area contributed by atoms with Crippen LogP contribution in [0, 0.1) is 5.92 Å². The molecule has 1 saturated heterocycles. The maximum Gasteiger partial charge on any atom is 0.226 e. The lowest BCUT2D eigenvalue weighted by molar-refractivity contribution is 0.167. The van der Waals surface area contributed by atoms with Crippen LogP contribution in [0.5, 0.6) is 0 Å². The molecule has 2 heterocycles. The Kier molecular flexibility index (Phi) is 5.13. The Morgan fingerprint density at radius 1 is 1.39 bits per heavy atom. The lowest BCUT2D eigenvalue weighted by Crippen LogP contribution is -2.34. The van der Waals surface area contributed by atoms with Gasteiger partial charge in [0.05, 0.1) is 6.54 Å². The van der Waals surface area contributed by atoms with Crippen LogP contribution in [0.2, 0.25) is 0 Å². The molecule has 1 aromatic heterocycles. The highest BCUT2D eigenvalue weighted by Crippen LogP contribution is 2.20. The van der Waals surface area contributed by atoms with Crippen LogP contribution in [-0.4, -0.2) is 41.7 Å². The molecule has 2 rings (SSSR count). The molecule has 1 N–H and O–H groups in total. The van der Waals surface area contributed by atoms with Gasteiger partial charge in [0.2, 0.25) is 5.89 Å². The summed E-state index contributed by atoms with van der Waals surface area (Å²) < 4.78 is 5.13. The molecule has 5 nitrogen and oxygen atoms in total. The van der Waals surface area contributed by atoms with Crippen LogP contribution < -0.4 is 5.32 Å². The minimum Gasteiger partial charge on any atom is -0.339 e. The van der Waals surface area contributed by atoms with Crippen molar-refractivity contribution >= 4 is 0 Å². The number of aryl methyl sites for hydroxylation is 1. The molecule has 1 aliphatic heterocycles. The average molecular weight is 252 g/mol. The van der Waals surface area contributed by atoms with Crippen LogP contribution >= 0.6 is 0 Å². The maximum atomic E-state index is 5.13. The standard InChI is InChI=1S/C13H24N4O/c1-3-13-15-12(16-18-13)10-17-8-5-11(6-9-17)4-7-14-2/h11,14H,3-10H2,1-2H3. The first kappa shape index (κ1) is 13.5. The van der Waals surface area contributed by atoms with Gasteiger partial charge in [0.1, 0.15) is 0 Å². The first-order valence-corrected chi connectivity index (χ1v) is 7.00. The third-order valence-electron chi connectivity index (χ3n) is 3.69. The second-order valence-electron chi connectivity index (χ2n) is 5.07. The molecule has 0 amide bonds. The zero-order chi connectivity index (χ0) is 12.8. The zero-order valence-corrected chi connectivity index (χ0v) is 11.5. The Hall–Kier alpha value is -0.940. The van der Waals surface area contributed by atoms with E-state index in [9.17, 15) is 0 Å². The molecule has 0 saturated carbocycles. The highest BCUT2D eigenvalue weighted by molar-refractivity contribution is 4.87. The normalized spacial score (nSPS) is 18.3. The highest BCUT2D eigenvalue weighted by Gasteiger charge is 2.20. The molecule has 1 aromatic rings. The van der Waals surface area contributed by atoms with Gasteiger partial charge in [0, 0.05) is 6.42 Å². The van der Waals surface area contributed by atoms with E-state index in [1.807, 2.05) is 14.0 Å². The summed E-state index contributed by atoms with van der Waals surface area (Å²) in [5, 5.41) is 7.24. The van der Waals surface area contributed by atoms with Gasteiger partial charge in [-0.2, -0.15) is 4.98 Å². The lowest BCUT2D eigenvalue weighted by atomic mass is 9.93. The largest absolute Gasteiger partial charge is 0.339 e. The van der Waals surface area contributed by atoms with Crippen LogP contribution in [0.25, 0.3) is 0 Å². The Balaban J connectivity index is 1.73. The highest BCUT2D eigenvalue weighted by atomic mass is 16.5. The molecule has 0 aromatic carbocycles. The molecule has 102 valence electrons. The summed E-state index contributed by atoms with van der Waals surface area (Å²) in [6.45, 7) is 6.32. The van der Waals surface area contributed by atoms with E-state index in [2.05, 4.69) is 20.4 Å². The van der Waals surface area contributed by atoms with Crippen molar-refractivity contribution in [3.63, 3.8) is 0 Å². The molecule has 0 radical (unpaired) electrons. The molecule has 0 aliphatic carbocycles. The molecule has 5 heteroatoms. The smallest absolute Gasteiger partial charge is 0.226 e. The monoisotopic (exact) mass is 252 g/mol. The van der Waals surface area contributed by atoms with Crippen LogP contribution in [0.4, 0.5) is 0 Å². The summed E-state index contributed by atoms with van der Waals surface area (Å²) in [4.78, 5) is 6.79. The molecule has 0 bridgehead atoms. The number of aromatic nitrogens is 2. The number of hydrogen-bond acceptors (Lipinski definition) is 5. The predicted octanol–water partition coefficient (Wildman–Crippen LogP) is 1.45. The van der Waals surface area contributed by atoms with E-state index < -0.39 is 0 Å². The van der Waals surface area contributed by atoms with E-state index in [4.69, 9.17) is 4.52 Å². The summed E-state index contributed by atoms with van der Waals surface area (Å²) in [6, 6.07) is 0.